The number of ether oxygens (including phenoxy) is 1. The third kappa shape index (κ3) is 6.89. The maximum atomic E-state index is 11.6. The first-order valence-corrected chi connectivity index (χ1v) is 7.00. The zero-order valence-corrected chi connectivity index (χ0v) is 13.4. The lowest BCUT2D eigenvalue weighted by Crippen LogP contribution is -2.51. The topological polar surface area (TPSA) is 58.8 Å². The molecule has 19 heavy (non-hydrogen) atoms. The third-order valence-electron chi connectivity index (χ3n) is 3.45. The molecule has 5 heteroatoms. The number of carbonyl (C=O) groups excluding carboxylic acids is 1. The SMILES string of the molecule is CCN(CCCN(C)C)C(C)CC(C)(N)C(=O)OC. The molecule has 0 radical (unpaired) electrons. The molecule has 0 aliphatic rings. The highest BCUT2D eigenvalue weighted by molar-refractivity contribution is 5.79. The van der Waals surface area contributed by atoms with Gasteiger partial charge in [0.2, 0.25) is 0 Å². The molecule has 0 aromatic carbocycles. The van der Waals surface area contributed by atoms with Gasteiger partial charge in [-0.1, -0.05) is 6.92 Å². The third-order valence-corrected chi connectivity index (χ3v) is 3.45. The summed E-state index contributed by atoms with van der Waals surface area (Å²) in [6.45, 7) is 9.05. The van der Waals surface area contributed by atoms with Gasteiger partial charge < -0.3 is 20.3 Å². The van der Waals surface area contributed by atoms with Crippen LogP contribution >= 0.6 is 0 Å². The summed E-state index contributed by atoms with van der Waals surface area (Å²) in [5.74, 6) is -0.344. The molecule has 2 unspecified atom stereocenters. The molecule has 0 amide bonds. The van der Waals surface area contributed by atoms with Crippen molar-refractivity contribution in [3.63, 3.8) is 0 Å². The Morgan fingerprint density at radius 3 is 2.37 bits per heavy atom. The highest BCUT2D eigenvalue weighted by Gasteiger charge is 2.32. The predicted molar refractivity (Wildman–Crippen MR) is 79.1 cm³/mol. The molecule has 0 spiro atoms. The minimum Gasteiger partial charge on any atom is -0.468 e. The van der Waals surface area contributed by atoms with Crippen molar-refractivity contribution in [1.82, 2.24) is 9.80 Å². The number of carbonyl (C=O) groups is 1. The van der Waals surface area contributed by atoms with Gasteiger partial charge in [0, 0.05) is 6.04 Å². The van der Waals surface area contributed by atoms with Crippen LogP contribution in [0.2, 0.25) is 0 Å². The fourth-order valence-corrected chi connectivity index (χ4v) is 2.34. The van der Waals surface area contributed by atoms with Crippen LogP contribution in [0.4, 0.5) is 0 Å². The van der Waals surface area contributed by atoms with Crippen LogP contribution in [-0.4, -0.2) is 68.2 Å². The second kappa shape index (κ2) is 8.51. The zero-order valence-electron chi connectivity index (χ0n) is 13.4. The fraction of sp³-hybridized carbons (Fsp3) is 0.929. The van der Waals surface area contributed by atoms with Gasteiger partial charge in [0.1, 0.15) is 5.54 Å². The molecule has 0 aromatic heterocycles. The van der Waals surface area contributed by atoms with E-state index in [1.807, 2.05) is 0 Å². The van der Waals surface area contributed by atoms with Gasteiger partial charge in [0.15, 0.2) is 0 Å². The summed E-state index contributed by atoms with van der Waals surface area (Å²) in [4.78, 5) is 16.2. The molecule has 0 heterocycles. The van der Waals surface area contributed by atoms with E-state index in [1.165, 1.54) is 7.11 Å². The van der Waals surface area contributed by atoms with Crippen molar-refractivity contribution in [3.05, 3.63) is 0 Å². The molecule has 2 N–H and O–H groups in total. The lowest BCUT2D eigenvalue weighted by molar-refractivity contribution is -0.147. The van der Waals surface area contributed by atoms with Crippen LogP contribution in [0.5, 0.6) is 0 Å². The molecule has 0 aliphatic carbocycles. The molecule has 114 valence electrons. The number of hydrogen-bond donors (Lipinski definition) is 1. The van der Waals surface area contributed by atoms with Crippen LogP contribution in [0.1, 0.15) is 33.6 Å². The average Bonchev–Trinajstić information content (AvgIpc) is 2.32. The minimum absolute atomic E-state index is 0.265. The molecular formula is C14H31N3O2. The standard InChI is InChI=1S/C14H31N3O2/c1-7-17(10-8-9-16(4)5)12(2)11-14(3,15)13(18)19-6/h12H,7-11,15H2,1-6H3. The summed E-state index contributed by atoms with van der Waals surface area (Å²) in [6.07, 6.45) is 1.72. The smallest absolute Gasteiger partial charge is 0.325 e. The van der Waals surface area contributed by atoms with E-state index >= 15 is 0 Å². The van der Waals surface area contributed by atoms with E-state index in [-0.39, 0.29) is 12.0 Å². The zero-order chi connectivity index (χ0) is 15.1. The fourth-order valence-electron chi connectivity index (χ4n) is 2.34. The van der Waals surface area contributed by atoms with Gasteiger partial charge in [-0.3, -0.25) is 4.79 Å². The van der Waals surface area contributed by atoms with Crippen molar-refractivity contribution in [1.29, 1.82) is 0 Å². The maximum Gasteiger partial charge on any atom is 0.325 e. The Bertz CT molecular complexity index is 267. The number of nitrogens with two attached hydrogens (primary N) is 1. The van der Waals surface area contributed by atoms with Gasteiger partial charge in [0.05, 0.1) is 7.11 Å². The quantitative estimate of drug-likeness (QED) is 0.633. The second-order valence-electron chi connectivity index (χ2n) is 5.75. The summed E-state index contributed by atoms with van der Waals surface area (Å²) in [7, 11) is 5.54. The molecule has 0 saturated heterocycles. The van der Waals surface area contributed by atoms with Crippen molar-refractivity contribution >= 4 is 5.97 Å². The van der Waals surface area contributed by atoms with E-state index in [0.717, 1.165) is 26.1 Å². The van der Waals surface area contributed by atoms with Crippen LogP contribution < -0.4 is 5.73 Å². The van der Waals surface area contributed by atoms with Gasteiger partial charge in [-0.25, -0.2) is 0 Å². The molecule has 0 saturated carbocycles. The van der Waals surface area contributed by atoms with E-state index in [4.69, 9.17) is 10.5 Å². The highest BCUT2D eigenvalue weighted by Crippen LogP contribution is 2.15. The highest BCUT2D eigenvalue weighted by atomic mass is 16.5. The molecule has 0 bridgehead atoms. The molecular weight excluding hydrogens is 242 g/mol. The average molecular weight is 273 g/mol. The molecule has 0 aliphatic heterocycles. The Kier molecular flexibility index (Phi) is 8.22. The monoisotopic (exact) mass is 273 g/mol. The second-order valence-corrected chi connectivity index (χ2v) is 5.75. The molecule has 0 aromatic rings. The van der Waals surface area contributed by atoms with E-state index in [2.05, 4.69) is 37.7 Å². The van der Waals surface area contributed by atoms with Gasteiger partial charge in [-0.15, -0.1) is 0 Å². The van der Waals surface area contributed by atoms with E-state index in [1.54, 1.807) is 6.92 Å². The van der Waals surface area contributed by atoms with Gasteiger partial charge >= 0.3 is 5.97 Å². The number of nitrogens with zero attached hydrogens (tertiary/aromatic N) is 2. The summed E-state index contributed by atoms with van der Waals surface area (Å²) < 4.78 is 4.75. The lowest BCUT2D eigenvalue weighted by atomic mass is 9.94. The van der Waals surface area contributed by atoms with Gasteiger partial charge in [-0.2, -0.15) is 0 Å². The van der Waals surface area contributed by atoms with Crippen molar-refractivity contribution in [3.8, 4) is 0 Å². The normalized spacial score (nSPS) is 16.5. The van der Waals surface area contributed by atoms with Crippen molar-refractivity contribution in [2.24, 2.45) is 5.73 Å². The molecule has 0 rings (SSSR count). The maximum absolute atomic E-state index is 11.6. The van der Waals surface area contributed by atoms with Crippen LogP contribution in [0.3, 0.4) is 0 Å². The predicted octanol–water partition coefficient (Wildman–Crippen LogP) is 0.929. The summed E-state index contributed by atoms with van der Waals surface area (Å²) in [5, 5.41) is 0. The van der Waals surface area contributed by atoms with Crippen LogP contribution in [0.25, 0.3) is 0 Å². The van der Waals surface area contributed by atoms with E-state index in [9.17, 15) is 4.79 Å². The van der Waals surface area contributed by atoms with Crippen LogP contribution in [0.15, 0.2) is 0 Å². The van der Waals surface area contributed by atoms with E-state index in [0.29, 0.717) is 6.42 Å². The first kappa shape index (κ1) is 18.4. The Hall–Kier alpha value is -0.650. The Morgan fingerprint density at radius 1 is 1.37 bits per heavy atom. The molecule has 0 fully saturated rings. The van der Waals surface area contributed by atoms with Crippen molar-refractivity contribution in [2.45, 2.75) is 45.2 Å². The van der Waals surface area contributed by atoms with Crippen LogP contribution in [-0.2, 0) is 9.53 Å². The first-order valence-electron chi connectivity index (χ1n) is 7.00. The lowest BCUT2D eigenvalue weighted by Gasteiger charge is -2.33. The van der Waals surface area contributed by atoms with Crippen LogP contribution in [0, 0.1) is 0 Å². The number of rotatable bonds is 9. The number of esters is 1. The van der Waals surface area contributed by atoms with Crippen molar-refractivity contribution < 1.29 is 9.53 Å². The number of hydrogen-bond acceptors (Lipinski definition) is 5. The Balaban J connectivity index is 4.34. The summed E-state index contributed by atoms with van der Waals surface area (Å²) in [6, 6.07) is 0.265. The van der Waals surface area contributed by atoms with E-state index < -0.39 is 5.54 Å². The Labute approximate surface area is 118 Å². The van der Waals surface area contributed by atoms with Crippen molar-refractivity contribution in [2.75, 3.05) is 40.8 Å². The summed E-state index contributed by atoms with van der Waals surface area (Å²) in [5.41, 5.74) is 5.12. The number of methoxy groups -OCH3 is 1. The van der Waals surface area contributed by atoms with Gasteiger partial charge in [0.25, 0.3) is 0 Å². The molecule has 5 nitrogen and oxygen atoms in total. The minimum atomic E-state index is -0.914. The first-order chi connectivity index (χ1) is 8.74. The van der Waals surface area contributed by atoms with Gasteiger partial charge in [-0.05, 0) is 60.4 Å². The largest absolute Gasteiger partial charge is 0.468 e. The summed E-state index contributed by atoms with van der Waals surface area (Å²) >= 11 is 0. The Morgan fingerprint density at radius 2 is 1.95 bits per heavy atom. The molecule has 2 atom stereocenters.